The number of aliphatic hydroxyl groups is 1. The maximum absolute atomic E-state index is 8.06. The molecule has 3 aliphatic heterocycles. The van der Waals surface area contributed by atoms with Gasteiger partial charge >= 0.3 is 0 Å². The van der Waals surface area contributed by atoms with Gasteiger partial charge in [0.2, 0.25) is 0 Å². The van der Waals surface area contributed by atoms with Crippen LogP contribution >= 0.6 is 11.8 Å². The normalized spacial score (nSPS) is 20.0. The molecule has 26 heavy (non-hydrogen) atoms. The molecule has 1 atom stereocenters. The van der Waals surface area contributed by atoms with E-state index in [0.717, 1.165) is 23.8 Å². The maximum atomic E-state index is 8.06. The minimum absolute atomic E-state index is 0.112. The lowest BCUT2D eigenvalue weighted by molar-refractivity contribution is 0.216. The molecule has 7 heteroatoms. The molecule has 1 unspecified atom stereocenters. The van der Waals surface area contributed by atoms with Crippen molar-refractivity contribution >= 4 is 18.1 Å². The maximum Gasteiger partial charge on any atom is 0.129 e. The Morgan fingerprint density at radius 1 is 1.19 bits per heavy atom. The van der Waals surface area contributed by atoms with Gasteiger partial charge in [0.05, 0.1) is 16.9 Å². The number of thioether (sulfide) groups is 1. The number of fused-ring (bicyclic) bond motifs is 3. The Labute approximate surface area is 161 Å². The van der Waals surface area contributed by atoms with E-state index in [1.165, 1.54) is 34.7 Å². The molecule has 0 radical (unpaired) electrons. The molecule has 1 saturated heterocycles. The van der Waals surface area contributed by atoms with Crippen molar-refractivity contribution < 1.29 is 5.11 Å². The molecule has 0 saturated carbocycles. The van der Waals surface area contributed by atoms with Gasteiger partial charge in [0.15, 0.2) is 0 Å². The van der Waals surface area contributed by atoms with Crippen molar-refractivity contribution in [2.45, 2.75) is 71.6 Å². The largest absolute Gasteiger partial charge is 0.394 e. The summed E-state index contributed by atoms with van der Waals surface area (Å²) >= 11 is 1.73. The number of likely N-dealkylation sites (tertiary alicyclic amines) is 1. The third-order valence-electron chi connectivity index (χ3n) is 4.28. The lowest BCUT2D eigenvalue weighted by atomic mass is 10.0. The lowest BCUT2D eigenvalue weighted by Crippen LogP contribution is -2.32. The summed E-state index contributed by atoms with van der Waals surface area (Å²) in [5.74, 6) is 1.22. The van der Waals surface area contributed by atoms with E-state index in [1.54, 1.807) is 25.6 Å². The van der Waals surface area contributed by atoms with E-state index >= 15 is 0 Å². The van der Waals surface area contributed by atoms with Crippen LogP contribution in [0.3, 0.4) is 0 Å². The van der Waals surface area contributed by atoms with Crippen molar-refractivity contribution in [3.05, 3.63) is 27.5 Å². The van der Waals surface area contributed by atoms with Gasteiger partial charge in [-0.05, 0) is 46.1 Å². The average molecular weight is 378 g/mol. The average Bonchev–Trinajstić information content (AvgIpc) is 3.27. The number of aliphatic hydroxyl groups excluding tert-OH is 1. The summed E-state index contributed by atoms with van der Waals surface area (Å²) < 4.78 is 0. The number of aryl methyl sites for hydroxylation is 1. The zero-order chi connectivity index (χ0) is 19.3. The topological polar surface area (TPSA) is 73.6 Å². The smallest absolute Gasteiger partial charge is 0.129 e. The van der Waals surface area contributed by atoms with E-state index in [1.807, 2.05) is 27.1 Å². The number of aromatic nitrogens is 2. The third-order valence-corrected chi connectivity index (χ3v) is 5.41. The van der Waals surface area contributed by atoms with Crippen LogP contribution in [0.4, 0.5) is 0 Å². The van der Waals surface area contributed by atoms with Gasteiger partial charge in [0.25, 0.3) is 0 Å². The van der Waals surface area contributed by atoms with E-state index in [9.17, 15) is 0 Å². The molecule has 4 heterocycles. The highest BCUT2D eigenvalue weighted by Crippen LogP contribution is 2.51. The third kappa shape index (κ3) is 4.38. The summed E-state index contributed by atoms with van der Waals surface area (Å²) in [6.07, 6.45) is 4.22. The van der Waals surface area contributed by atoms with Crippen molar-refractivity contribution in [1.82, 2.24) is 20.4 Å². The van der Waals surface area contributed by atoms with Crippen molar-refractivity contribution in [2.24, 2.45) is 4.99 Å². The number of rotatable bonds is 1. The highest BCUT2D eigenvalue weighted by molar-refractivity contribution is 8.03. The molecule has 0 spiro atoms. The van der Waals surface area contributed by atoms with Crippen LogP contribution in [-0.4, -0.2) is 45.7 Å². The van der Waals surface area contributed by atoms with Gasteiger partial charge in [-0.25, -0.2) is 0 Å². The lowest BCUT2D eigenvalue weighted by Gasteiger charge is -2.27. The second-order valence-electron chi connectivity index (χ2n) is 6.56. The predicted octanol–water partition coefficient (Wildman–Crippen LogP) is 3.55. The van der Waals surface area contributed by atoms with Gasteiger partial charge in [-0.1, -0.05) is 25.6 Å². The minimum Gasteiger partial charge on any atom is -0.394 e. The van der Waals surface area contributed by atoms with E-state index in [2.05, 4.69) is 32.3 Å². The number of nitrogens with zero attached hydrogens (tertiary/aromatic N) is 4. The highest BCUT2D eigenvalue weighted by Gasteiger charge is 2.37. The molecule has 144 valence electrons. The van der Waals surface area contributed by atoms with Gasteiger partial charge in [-0.3, -0.25) is 4.99 Å². The van der Waals surface area contributed by atoms with Gasteiger partial charge in [-0.2, -0.15) is 5.10 Å². The number of hydrogen-bond donors (Lipinski definition) is 2. The van der Waals surface area contributed by atoms with Crippen molar-refractivity contribution in [3.63, 3.8) is 0 Å². The quantitative estimate of drug-likeness (QED) is 0.780. The summed E-state index contributed by atoms with van der Waals surface area (Å²) in [6, 6.07) is 0.112. The fourth-order valence-corrected chi connectivity index (χ4v) is 4.28. The molecule has 4 rings (SSSR count). The second-order valence-corrected chi connectivity index (χ2v) is 7.59. The minimum atomic E-state index is -0.167. The monoisotopic (exact) mass is 377 g/mol. The summed E-state index contributed by atoms with van der Waals surface area (Å²) in [5, 5.41) is 21.0. The van der Waals surface area contributed by atoms with E-state index in [0.29, 0.717) is 0 Å². The van der Waals surface area contributed by atoms with Crippen LogP contribution in [0.2, 0.25) is 0 Å². The molecule has 0 aromatic carbocycles. The first-order valence-electron chi connectivity index (χ1n) is 9.46. The summed E-state index contributed by atoms with van der Waals surface area (Å²) in [7, 11) is 0. The second kappa shape index (κ2) is 9.37. The number of hydrogen-bond acceptors (Lipinski definition) is 7. The van der Waals surface area contributed by atoms with Crippen LogP contribution in [-0.2, 0) is 0 Å². The van der Waals surface area contributed by atoms with Gasteiger partial charge in [0.1, 0.15) is 16.9 Å². The van der Waals surface area contributed by atoms with Gasteiger partial charge < -0.3 is 15.3 Å². The molecule has 3 aliphatic rings. The van der Waals surface area contributed by atoms with Crippen molar-refractivity contribution in [2.75, 3.05) is 13.1 Å². The first-order chi connectivity index (χ1) is 12.5. The van der Waals surface area contributed by atoms with E-state index < -0.39 is 0 Å². The molecular formula is C19H31N5OS. The molecule has 1 fully saturated rings. The standard InChI is InChI=1S/C14H17N5S.C3H8O.C2H6/c1-8-9(2)17-18-14-10(8)11-12(20-14)13(16-7-15-11)19-5-3-4-6-19;1-3(2)4;1-2/h7,11H,3-6H2,1-2H3,(H,15,16);3-4H,1-2H3;1-2H3. The Balaban J connectivity index is 0.000000361. The van der Waals surface area contributed by atoms with Crippen molar-refractivity contribution in [1.29, 1.82) is 0 Å². The van der Waals surface area contributed by atoms with Crippen LogP contribution in [0.15, 0.2) is 20.7 Å². The first kappa shape index (κ1) is 20.7. The zero-order valence-corrected chi connectivity index (χ0v) is 17.5. The molecule has 0 aliphatic carbocycles. The molecule has 6 nitrogen and oxygen atoms in total. The molecule has 2 N–H and O–H groups in total. The van der Waals surface area contributed by atoms with Crippen LogP contribution in [0.25, 0.3) is 0 Å². The molecule has 1 aromatic rings. The number of aliphatic imine (C=N–C) groups is 1. The fourth-order valence-electron chi connectivity index (χ4n) is 3.05. The van der Waals surface area contributed by atoms with Crippen LogP contribution in [0.5, 0.6) is 0 Å². The van der Waals surface area contributed by atoms with E-state index in [-0.39, 0.29) is 12.1 Å². The fraction of sp³-hybridized carbons (Fsp3) is 0.632. The van der Waals surface area contributed by atoms with E-state index in [4.69, 9.17) is 5.11 Å². The predicted molar refractivity (Wildman–Crippen MR) is 108 cm³/mol. The van der Waals surface area contributed by atoms with Crippen LogP contribution in [0, 0.1) is 13.8 Å². The first-order valence-corrected chi connectivity index (χ1v) is 10.3. The van der Waals surface area contributed by atoms with Crippen molar-refractivity contribution in [3.8, 4) is 0 Å². The molecule has 0 amide bonds. The Morgan fingerprint density at radius 3 is 2.42 bits per heavy atom. The molecule has 0 bridgehead atoms. The van der Waals surface area contributed by atoms with Gasteiger partial charge in [0, 0.05) is 24.8 Å². The molecular weight excluding hydrogens is 346 g/mol. The Bertz CT molecular complexity index is 678. The zero-order valence-electron chi connectivity index (χ0n) is 16.7. The van der Waals surface area contributed by atoms with Gasteiger partial charge in [-0.15, -0.1) is 5.10 Å². The summed E-state index contributed by atoms with van der Waals surface area (Å²) in [5.41, 5.74) is 3.47. The van der Waals surface area contributed by atoms with Crippen LogP contribution < -0.4 is 5.32 Å². The summed E-state index contributed by atoms with van der Waals surface area (Å²) in [4.78, 5) is 8.36. The Kier molecular flexibility index (Phi) is 7.46. The number of nitrogens with one attached hydrogen (secondary N) is 1. The summed E-state index contributed by atoms with van der Waals surface area (Å²) in [6.45, 7) is 13.8. The SMILES string of the molecule is CC.CC(C)O.Cc1nnc2c(c1C)C1N=CNC(N3CCCC3)=C1S2. The highest BCUT2D eigenvalue weighted by atomic mass is 32.2. The van der Waals surface area contributed by atoms with Crippen LogP contribution in [0.1, 0.15) is 63.4 Å². The Hall–Kier alpha value is -1.60. The Morgan fingerprint density at radius 2 is 1.81 bits per heavy atom. The molecule has 1 aromatic heterocycles.